The molecule has 0 aliphatic rings. The van der Waals surface area contributed by atoms with Crippen molar-refractivity contribution in [1.82, 2.24) is 4.90 Å². The van der Waals surface area contributed by atoms with E-state index >= 15 is 0 Å². The van der Waals surface area contributed by atoms with E-state index in [4.69, 9.17) is 5.73 Å². The van der Waals surface area contributed by atoms with Gasteiger partial charge in [-0.3, -0.25) is 0 Å². The first kappa shape index (κ1) is 10.8. The van der Waals surface area contributed by atoms with Gasteiger partial charge in [0.25, 0.3) is 0 Å². The molecule has 0 aliphatic heterocycles. The van der Waals surface area contributed by atoms with E-state index in [1.54, 1.807) is 14.1 Å². The van der Waals surface area contributed by atoms with Crippen LogP contribution < -0.4 is 5.73 Å². The number of rotatable bonds is 0. The molecule has 2 N–H and O–H groups in total. The van der Waals surface area contributed by atoms with Crippen molar-refractivity contribution < 1.29 is 4.79 Å². The average Bonchev–Trinajstić information content (AvgIpc) is 1.36. The van der Waals surface area contributed by atoms with Crippen LogP contribution in [-0.4, -0.2) is 76.4 Å². The van der Waals surface area contributed by atoms with Crippen molar-refractivity contribution in [3.8, 4) is 0 Å². The topological polar surface area (TPSA) is 46.3 Å². The monoisotopic (exact) mass is 128 g/mol. The van der Waals surface area contributed by atoms with Gasteiger partial charge >= 0.3 is 57.4 Å². The van der Waals surface area contributed by atoms with Crippen LogP contribution in [-0.2, 0) is 0 Å². The Balaban J connectivity index is 0. The summed E-state index contributed by atoms with van der Waals surface area (Å²) in [6.07, 6.45) is 0. The SMILES string of the molecule is CN(C)C(N)=O.[KH]. The molecule has 0 radical (unpaired) electrons. The number of amides is 2. The van der Waals surface area contributed by atoms with Gasteiger partial charge in [-0.1, -0.05) is 0 Å². The summed E-state index contributed by atoms with van der Waals surface area (Å²) in [5, 5.41) is 0. The van der Waals surface area contributed by atoms with Gasteiger partial charge in [0.15, 0.2) is 0 Å². The van der Waals surface area contributed by atoms with Crippen molar-refractivity contribution in [2.24, 2.45) is 5.73 Å². The second kappa shape index (κ2) is 5.05. The predicted octanol–water partition coefficient (Wildman–Crippen LogP) is -1.02. The third-order valence-corrected chi connectivity index (χ3v) is 0.441. The van der Waals surface area contributed by atoms with Crippen molar-refractivity contribution >= 4 is 57.4 Å². The number of carbonyl (C=O) groups excluding carboxylic acids is 1. The van der Waals surface area contributed by atoms with Crippen LogP contribution in [0.15, 0.2) is 0 Å². The summed E-state index contributed by atoms with van der Waals surface area (Å²) in [4.78, 5) is 11.2. The van der Waals surface area contributed by atoms with Crippen molar-refractivity contribution in [1.29, 1.82) is 0 Å². The van der Waals surface area contributed by atoms with Gasteiger partial charge < -0.3 is 10.6 Å². The van der Waals surface area contributed by atoms with E-state index in [1.165, 1.54) is 4.90 Å². The van der Waals surface area contributed by atoms with Crippen molar-refractivity contribution in [3.63, 3.8) is 0 Å². The molecule has 0 aromatic carbocycles. The molecule has 3 nitrogen and oxygen atoms in total. The number of hydrogen-bond acceptors (Lipinski definition) is 1. The third-order valence-electron chi connectivity index (χ3n) is 0.441. The van der Waals surface area contributed by atoms with Crippen LogP contribution in [0.3, 0.4) is 0 Å². The van der Waals surface area contributed by atoms with Crippen molar-refractivity contribution in [3.05, 3.63) is 0 Å². The fourth-order valence-electron chi connectivity index (χ4n) is 0. The van der Waals surface area contributed by atoms with Gasteiger partial charge in [0.2, 0.25) is 0 Å². The standard InChI is InChI=1S/C3H8N2O.K.H/c1-5(2)3(4)6;;/h1-2H3,(H2,4,6);;. The quantitative estimate of drug-likeness (QED) is 0.417. The van der Waals surface area contributed by atoms with E-state index < -0.39 is 6.03 Å². The molecule has 7 heavy (non-hydrogen) atoms. The molecule has 38 valence electrons. The number of nitrogens with two attached hydrogens (primary N) is 1. The molecule has 4 heteroatoms. The van der Waals surface area contributed by atoms with Gasteiger partial charge in [0.05, 0.1) is 0 Å². The fourth-order valence-corrected chi connectivity index (χ4v) is 0. The summed E-state index contributed by atoms with van der Waals surface area (Å²) in [5.74, 6) is 0. The molecule has 0 aromatic heterocycles. The first-order valence-corrected chi connectivity index (χ1v) is 1.61. The van der Waals surface area contributed by atoms with Crippen molar-refractivity contribution in [2.45, 2.75) is 0 Å². The Bertz CT molecular complexity index is 64.0. The van der Waals surface area contributed by atoms with Crippen LogP contribution >= 0.6 is 0 Å². The minimum absolute atomic E-state index is 0. The predicted molar refractivity (Wildman–Crippen MR) is 30.4 cm³/mol. The first-order chi connectivity index (χ1) is 2.64. The Morgan fingerprint density at radius 1 is 1.57 bits per heavy atom. The summed E-state index contributed by atoms with van der Waals surface area (Å²) in [5.41, 5.74) is 4.72. The number of carbonyl (C=O) groups is 1. The zero-order valence-corrected chi connectivity index (χ0v) is 3.93. The van der Waals surface area contributed by atoms with E-state index in [1.807, 2.05) is 0 Å². The Kier molecular flexibility index (Phi) is 7.80. The van der Waals surface area contributed by atoms with Gasteiger partial charge in [0, 0.05) is 14.1 Å². The summed E-state index contributed by atoms with van der Waals surface area (Å²) in [6.45, 7) is 0. The molecule has 0 unspecified atom stereocenters. The average molecular weight is 128 g/mol. The molecule has 0 fully saturated rings. The summed E-state index contributed by atoms with van der Waals surface area (Å²) >= 11 is 0. The zero-order valence-electron chi connectivity index (χ0n) is 3.93. The molecule has 0 heterocycles. The Morgan fingerprint density at radius 3 is 1.71 bits per heavy atom. The molecule has 0 rings (SSSR count). The van der Waals surface area contributed by atoms with Gasteiger partial charge in [-0.25, -0.2) is 4.79 Å². The zero-order chi connectivity index (χ0) is 5.15. The first-order valence-electron chi connectivity index (χ1n) is 1.61. The van der Waals surface area contributed by atoms with Crippen LogP contribution in [0.5, 0.6) is 0 Å². The summed E-state index contributed by atoms with van der Waals surface area (Å²) < 4.78 is 0. The van der Waals surface area contributed by atoms with Gasteiger partial charge in [-0.05, 0) is 0 Å². The molecular weight excluding hydrogens is 119 g/mol. The molecule has 0 aromatic rings. The van der Waals surface area contributed by atoms with E-state index in [-0.39, 0.29) is 51.4 Å². The van der Waals surface area contributed by atoms with E-state index in [9.17, 15) is 4.79 Å². The van der Waals surface area contributed by atoms with E-state index in [0.717, 1.165) is 0 Å². The number of hydrogen-bond donors (Lipinski definition) is 1. The van der Waals surface area contributed by atoms with Gasteiger partial charge in [-0.15, -0.1) is 0 Å². The van der Waals surface area contributed by atoms with Crippen LogP contribution in [0.2, 0.25) is 0 Å². The molecule has 0 aliphatic carbocycles. The van der Waals surface area contributed by atoms with E-state index in [2.05, 4.69) is 0 Å². The normalized spacial score (nSPS) is 6.57. The second-order valence-electron chi connectivity index (χ2n) is 1.23. The minimum atomic E-state index is -0.407. The Morgan fingerprint density at radius 2 is 1.71 bits per heavy atom. The van der Waals surface area contributed by atoms with Gasteiger partial charge in [-0.2, -0.15) is 0 Å². The Labute approximate surface area is 85.7 Å². The van der Waals surface area contributed by atoms with Crippen LogP contribution in [0.1, 0.15) is 0 Å². The van der Waals surface area contributed by atoms with Gasteiger partial charge in [0.1, 0.15) is 0 Å². The summed E-state index contributed by atoms with van der Waals surface area (Å²) in [6, 6.07) is -0.407. The van der Waals surface area contributed by atoms with Crippen LogP contribution in [0, 0.1) is 0 Å². The molecule has 0 saturated heterocycles. The van der Waals surface area contributed by atoms with Crippen LogP contribution in [0.4, 0.5) is 4.79 Å². The molecular formula is C3H9KN2O. The number of nitrogens with zero attached hydrogens (tertiary/aromatic N) is 1. The van der Waals surface area contributed by atoms with Crippen molar-refractivity contribution in [2.75, 3.05) is 14.1 Å². The molecule has 0 atom stereocenters. The molecule has 0 spiro atoms. The van der Waals surface area contributed by atoms with Crippen LogP contribution in [0.25, 0.3) is 0 Å². The molecule has 2 amide bonds. The third kappa shape index (κ3) is 6.91. The number of primary amides is 1. The second-order valence-corrected chi connectivity index (χ2v) is 1.23. The van der Waals surface area contributed by atoms with E-state index in [0.29, 0.717) is 0 Å². The number of urea groups is 1. The Hall–Kier alpha value is 0.906. The molecule has 0 saturated carbocycles. The fraction of sp³-hybridized carbons (Fsp3) is 0.667. The maximum atomic E-state index is 9.85. The maximum absolute atomic E-state index is 9.85. The molecule has 0 bridgehead atoms. The summed E-state index contributed by atoms with van der Waals surface area (Å²) in [7, 11) is 3.20.